The van der Waals surface area contributed by atoms with Crippen molar-refractivity contribution in [3.8, 4) is 0 Å². The van der Waals surface area contributed by atoms with Gasteiger partial charge in [0.2, 0.25) is 0 Å². The van der Waals surface area contributed by atoms with Crippen molar-refractivity contribution in [1.82, 2.24) is 0 Å². The van der Waals surface area contributed by atoms with Crippen molar-refractivity contribution in [1.29, 1.82) is 0 Å². The third kappa shape index (κ3) is 3.86. The fourth-order valence-corrected chi connectivity index (χ4v) is 0.849. The largest absolute Gasteiger partial charge is 0.400 e. The molecule has 0 aromatic heterocycles. The van der Waals surface area contributed by atoms with E-state index in [-0.39, 0.29) is 0 Å². The second-order valence-corrected chi connectivity index (χ2v) is 2.59. The normalized spacial score (nSPS) is 11.4. The summed E-state index contributed by atoms with van der Waals surface area (Å²) in [7, 11) is 0. The number of halogens is 1. The number of allylic oxidation sites excluding steroid dienone is 2. The Labute approximate surface area is 68.3 Å². The van der Waals surface area contributed by atoms with Gasteiger partial charge in [-0.1, -0.05) is 26.0 Å². The Morgan fingerprint density at radius 2 is 2.27 bits per heavy atom. The Bertz CT molecular complexity index is 163. The molecule has 1 nitrogen and oxygen atoms in total. The molecule has 0 fully saturated rings. The predicted octanol–water partition coefficient (Wildman–Crippen LogP) is 2.32. The first-order valence-corrected chi connectivity index (χ1v) is 3.88. The summed E-state index contributed by atoms with van der Waals surface area (Å²) < 4.78 is 12.7. The van der Waals surface area contributed by atoms with Gasteiger partial charge in [-0.3, -0.25) is 0 Å². The van der Waals surface area contributed by atoms with Crippen LogP contribution < -0.4 is 5.73 Å². The Morgan fingerprint density at radius 1 is 1.73 bits per heavy atom. The van der Waals surface area contributed by atoms with E-state index >= 15 is 0 Å². The average molecular weight is 155 g/mol. The standard InChI is InChI=1S/C8H15BFN/c1-4-5-6-8(7(2)11)9(3)10/h6H,2,4-5,11H2,1,3H3/b8-6+. The number of hydrogen-bond acceptors (Lipinski definition) is 1. The van der Waals surface area contributed by atoms with Crippen LogP contribution in [0.1, 0.15) is 19.8 Å². The van der Waals surface area contributed by atoms with Crippen molar-refractivity contribution >= 4 is 6.99 Å². The summed E-state index contributed by atoms with van der Waals surface area (Å²) in [6, 6.07) is 0. The molecule has 0 aromatic rings. The minimum Gasteiger partial charge on any atom is -0.400 e. The molecule has 0 heterocycles. The topological polar surface area (TPSA) is 26.0 Å². The molecule has 0 unspecified atom stereocenters. The van der Waals surface area contributed by atoms with Gasteiger partial charge in [-0.05, 0) is 18.7 Å². The monoisotopic (exact) mass is 155 g/mol. The quantitative estimate of drug-likeness (QED) is 0.489. The van der Waals surface area contributed by atoms with E-state index in [1.807, 2.05) is 13.0 Å². The van der Waals surface area contributed by atoms with Crippen molar-refractivity contribution < 1.29 is 4.32 Å². The van der Waals surface area contributed by atoms with Gasteiger partial charge in [0.05, 0.1) is 0 Å². The van der Waals surface area contributed by atoms with Crippen LogP contribution in [0.2, 0.25) is 6.82 Å². The summed E-state index contributed by atoms with van der Waals surface area (Å²) in [5.74, 6) is 0. The lowest BCUT2D eigenvalue weighted by molar-refractivity contribution is 0.844. The van der Waals surface area contributed by atoms with Crippen molar-refractivity contribution in [2.75, 3.05) is 0 Å². The van der Waals surface area contributed by atoms with Gasteiger partial charge in [0, 0.05) is 5.70 Å². The van der Waals surface area contributed by atoms with Gasteiger partial charge >= 0.3 is 6.99 Å². The van der Waals surface area contributed by atoms with Crippen LogP contribution in [-0.2, 0) is 0 Å². The lowest BCUT2D eigenvalue weighted by Gasteiger charge is -2.04. The molecule has 0 saturated carbocycles. The number of nitrogens with two attached hydrogens (primary N) is 1. The molecular weight excluding hydrogens is 140 g/mol. The molecule has 3 heteroatoms. The number of rotatable bonds is 4. The minimum atomic E-state index is -1.00. The summed E-state index contributed by atoms with van der Waals surface area (Å²) in [5, 5.41) is 0. The minimum absolute atomic E-state index is 0.341. The van der Waals surface area contributed by atoms with Gasteiger partial charge in [-0.2, -0.15) is 0 Å². The van der Waals surface area contributed by atoms with Crippen molar-refractivity contribution in [3.63, 3.8) is 0 Å². The first kappa shape index (κ1) is 10.3. The van der Waals surface area contributed by atoms with Gasteiger partial charge in [-0.25, -0.2) is 0 Å². The molecule has 0 saturated heterocycles. The highest BCUT2D eigenvalue weighted by molar-refractivity contribution is 6.59. The SMILES string of the molecule is C=C(N)/C(=C\CCC)B(C)F. The maximum Gasteiger partial charge on any atom is 0.379 e. The molecule has 11 heavy (non-hydrogen) atoms. The average Bonchev–Trinajstić information content (AvgIpc) is 1.87. The van der Waals surface area contributed by atoms with E-state index in [0.29, 0.717) is 11.2 Å². The molecule has 0 aliphatic carbocycles. The van der Waals surface area contributed by atoms with Crippen LogP contribution >= 0.6 is 0 Å². The smallest absolute Gasteiger partial charge is 0.379 e. The molecule has 0 aliphatic rings. The molecular formula is C8H15BFN. The van der Waals surface area contributed by atoms with E-state index in [1.165, 1.54) is 6.82 Å². The van der Waals surface area contributed by atoms with Gasteiger partial charge in [0.25, 0.3) is 0 Å². The summed E-state index contributed by atoms with van der Waals surface area (Å²) in [4.78, 5) is 0. The third-order valence-electron chi connectivity index (χ3n) is 1.45. The van der Waals surface area contributed by atoms with Crippen molar-refractivity contribution in [3.05, 3.63) is 23.8 Å². The Balaban J connectivity index is 4.21. The number of unbranched alkanes of at least 4 members (excludes halogenated alkanes) is 1. The number of hydrogen-bond donors (Lipinski definition) is 1. The van der Waals surface area contributed by atoms with Crippen LogP contribution in [0, 0.1) is 0 Å². The van der Waals surface area contributed by atoms with Gasteiger partial charge in [-0.15, -0.1) is 0 Å². The molecule has 0 aliphatic heterocycles. The van der Waals surface area contributed by atoms with E-state index in [9.17, 15) is 4.32 Å². The summed E-state index contributed by atoms with van der Waals surface area (Å²) in [6.07, 6.45) is 3.68. The van der Waals surface area contributed by atoms with E-state index in [4.69, 9.17) is 5.73 Å². The first-order valence-electron chi connectivity index (χ1n) is 3.88. The van der Waals surface area contributed by atoms with Crippen LogP contribution in [0.3, 0.4) is 0 Å². The van der Waals surface area contributed by atoms with Crippen LogP contribution in [-0.4, -0.2) is 6.99 Å². The Morgan fingerprint density at radius 3 is 2.55 bits per heavy atom. The van der Waals surface area contributed by atoms with Crippen LogP contribution in [0.15, 0.2) is 23.8 Å². The summed E-state index contributed by atoms with van der Waals surface area (Å²) in [5.41, 5.74) is 6.25. The second kappa shape index (κ2) is 5.00. The summed E-state index contributed by atoms with van der Waals surface area (Å²) in [6.45, 7) is 6.01. The van der Waals surface area contributed by atoms with Gasteiger partial charge in [0.1, 0.15) is 0 Å². The lowest BCUT2D eigenvalue weighted by Crippen LogP contribution is -2.11. The van der Waals surface area contributed by atoms with Crippen molar-refractivity contribution in [2.24, 2.45) is 5.73 Å². The highest BCUT2D eigenvalue weighted by atomic mass is 19.1. The zero-order valence-electron chi connectivity index (χ0n) is 7.23. The molecule has 0 atom stereocenters. The molecule has 0 rings (SSSR count). The predicted molar refractivity (Wildman–Crippen MR) is 49.0 cm³/mol. The zero-order chi connectivity index (χ0) is 8.85. The van der Waals surface area contributed by atoms with Crippen molar-refractivity contribution in [2.45, 2.75) is 26.6 Å². The molecule has 0 amide bonds. The molecule has 0 radical (unpaired) electrons. The van der Waals surface area contributed by atoms with Gasteiger partial charge in [0.15, 0.2) is 0 Å². The fourth-order valence-electron chi connectivity index (χ4n) is 0.849. The zero-order valence-corrected chi connectivity index (χ0v) is 7.23. The molecule has 0 spiro atoms. The maximum absolute atomic E-state index is 12.7. The van der Waals surface area contributed by atoms with Crippen LogP contribution in [0.25, 0.3) is 0 Å². The second-order valence-electron chi connectivity index (χ2n) is 2.59. The first-order chi connectivity index (χ1) is 5.09. The van der Waals surface area contributed by atoms with E-state index in [1.54, 1.807) is 0 Å². The van der Waals surface area contributed by atoms with Crippen LogP contribution in [0.5, 0.6) is 0 Å². The molecule has 0 aromatic carbocycles. The third-order valence-corrected chi connectivity index (χ3v) is 1.45. The molecule has 2 N–H and O–H groups in total. The van der Waals surface area contributed by atoms with E-state index in [2.05, 4.69) is 6.58 Å². The highest BCUT2D eigenvalue weighted by Gasteiger charge is 2.12. The van der Waals surface area contributed by atoms with E-state index in [0.717, 1.165) is 12.8 Å². The maximum atomic E-state index is 12.7. The van der Waals surface area contributed by atoms with Gasteiger partial charge < -0.3 is 10.0 Å². The van der Waals surface area contributed by atoms with Crippen LogP contribution in [0.4, 0.5) is 4.32 Å². The highest BCUT2D eigenvalue weighted by Crippen LogP contribution is 2.09. The Hall–Kier alpha value is -0.725. The lowest BCUT2D eigenvalue weighted by atomic mass is 9.65. The molecule has 0 bridgehead atoms. The Kier molecular flexibility index (Phi) is 4.67. The fraction of sp³-hybridized carbons (Fsp3) is 0.500. The summed E-state index contributed by atoms with van der Waals surface area (Å²) >= 11 is 0. The van der Waals surface area contributed by atoms with E-state index < -0.39 is 6.99 Å². The molecule has 62 valence electrons.